The van der Waals surface area contributed by atoms with Gasteiger partial charge in [-0.2, -0.15) is 0 Å². The number of halogens is 2. The Labute approximate surface area is 134 Å². The number of anilines is 2. The molecule has 2 N–H and O–H groups in total. The van der Waals surface area contributed by atoms with Crippen molar-refractivity contribution in [3.8, 4) is 0 Å². The van der Waals surface area contributed by atoms with Crippen molar-refractivity contribution in [1.82, 2.24) is 0 Å². The van der Waals surface area contributed by atoms with Gasteiger partial charge in [-0.15, -0.1) is 0 Å². The standard InChI is InChI=1S/C14H12I2N2/c15-11-1-3-13-9(5-11)7-18-14-4-2-12(16)6-10(14)8-17-13/h1-6,17-18H,7-8H2. The van der Waals surface area contributed by atoms with E-state index < -0.39 is 0 Å². The van der Waals surface area contributed by atoms with Gasteiger partial charge in [0, 0.05) is 31.6 Å². The summed E-state index contributed by atoms with van der Waals surface area (Å²) in [7, 11) is 0. The highest BCUT2D eigenvalue weighted by Gasteiger charge is 2.10. The van der Waals surface area contributed by atoms with Gasteiger partial charge in [0.2, 0.25) is 0 Å². The van der Waals surface area contributed by atoms with Crippen LogP contribution in [0.5, 0.6) is 0 Å². The van der Waals surface area contributed by atoms with E-state index in [0.29, 0.717) is 0 Å². The average Bonchev–Trinajstić information content (AvgIpc) is 2.34. The highest BCUT2D eigenvalue weighted by Crippen LogP contribution is 2.27. The van der Waals surface area contributed by atoms with Crippen LogP contribution < -0.4 is 10.6 Å². The van der Waals surface area contributed by atoms with E-state index in [1.165, 1.54) is 29.6 Å². The topological polar surface area (TPSA) is 24.1 Å². The van der Waals surface area contributed by atoms with E-state index in [9.17, 15) is 0 Å². The second kappa shape index (κ2) is 5.24. The normalized spacial score (nSPS) is 13.4. The lowest BCUT2D eigenvalue weighted by Gasteiger charge is -2.20. The molecule has 1 aliphatic heterocycles. The third-order valence-corrected chi connectivity index (χ3v) is 4.42. The van der Waals surface area contributed by atoms with Crippen molar-refractivity contribution in [1.29, 1.82) is 0 Å². The second-order valence-corrected chi connectivity index (χ2v) is 6.80. The van der Waals surface area contributed by atoms with Gasteiger partial charge < -0.3 is 10.6 Å². The van der Waals surface area contributed by atoms with Gasteiger partial charge in [-0.1, -0.05) is 0 Å². The van der Waals surface area contributed by atoms with E-state index in [-0.39, 0.29) is 0 Å². The molecule has 0 saturated heterocycles. The van der Waals surface area contributed by atoms with Crippen LogP contribution in [0.2, 0.25) is 0 Å². The minimum absolute atomic E-state index is 0.868. The molecule has 18 heavy (non-hydrogen) atoms. The third kappa shape index (κ3) is 2.59. The highest BCUT2D eigenvalue weighted by molar-refractivity contribution is 14.1. The lowest BCUT2D eigenvalue weighted by atomic mass is 10.1. The first-order valence-corrected chi connectivity index (χ1v) is 7.93. The van der Waals surface area contributed by atoms with E-state index in [1.54, 1.807) is 0 Å². The summed E-state index contributed by atoms with van der Waals surface area (Å²) in [5, 5.41) is 7.06. The molecule has 2 nitrogen and oxygen atoms in total. The van der Waals surface area contributed by atoms with Crippen LogP contribution in [0.15, 0.2) is 36.4 Å². The lowest BCUT2D eigenvalue weighted by Crippen LogP contribution is -2.12. The first kappa shape index (κ1) is 12.5. The van der Waals surface area contributed by atoms with Crippen LogP contribution in [-0.2, 0) is 13.1 Å². The van der Waals surface area contributed by atoms with Gasteiger partial charge in [0.15, 0.2) is 0 Å². The molecular weight excluding hydrogens is 450 g/mol. The average molecular weight is 462 g/mol. The van der Waals surface area contributed by atoms with Gasteiger partial charge >= 0.3 is 0 Å². The Bertz CT molecular complexity index is 543. The fourth-order valence-electron chi connectivity index (χ4n) is 2.14. The van der Waals surface area contributed by atoms with Crippen LogP contribution in [0, 0.1) is 7.14 Å². The Morgan fingerprint density at radius 2 is 1.17 bits per heavy atom. The predicted octanol–water partition coefficient (Wildman–Crippen LogP) is 4.43. The molecule has 1 heterocycles. The molecule has 0 aromatic heterocycles. The van der Waals surface area contributed by atoms with Gasteiger partial charge in [0.25, 0.3) is 0 Å². The molecule has 0 spiro atoms. The molecule has 3 rings (SSSR count). The SMILES string of the molecule is Ic1ccc2c(c1)CNc1ccc(I)cc1CN2. The van der Waals surface area contributed by atoms with Crippen molar-refractivity contribution in [2.24, 2.45) is 0 Å². The molecule has 92 valence electrons. The molecule has 0 aliphatic carbocycles. The van der Waals surface area contributed by atoms with Crippen molar-refractivity contribution in [2.45, 2.75) is 13.1 Å². The maximum Gasteiger partial charge on any atom is 0.0421 e. The zero-order valence-corrected chi connectivity index (χ0v) is 13.9. The zero-order chi connectivity index (χ0) is 12.5. The van der Waals surface area contributed by atoms with E-state index in [2.05, 4.69) is 92.2 Å². The minimum Gasteiger partial charge on any atom is -0.381 e. The minimum atomic E-state index is 0.868. The molecule has 0 radical (unpaired) electrons. The molecule has 4 heteroatoms. The van der Waals surface area contributed by atoms with E-state index in [4.69, 9.17) is 0 Å². The molecule has 0 bridgehead atoms. The summed E-state index contributed by atoms with van der Waals surface area (Å²) in [5.74, 6) is 0. The van der Waals surface area contributed by atoms with Gasteiger partial charge in [0.1, 0.15) is 0 Å². The van der Waals surface area contributed by atoms with Crippen molar-refractivity contribution in [3.63, 3.8) is 0 Å². The summed E-state index contributed by atoms with van der Waals surface area (Å²) in [6.45, 7) is 1.74. The van der Waals surface area contributed by atoms with Crippen molar-refractivity contribution in [2.75, 3.05) is 10.6 Å². The first-order valence-electron chi connectivity index (χ1n) is 5.77. The number of hydrogen-bond donors (Lipinski definition) is 2. The number of fused-ring (bicyclic) bond motifs is 2. The van der Waals surface area contributed by atoms with Crippen LogP contribution in [0.1, 0.15) is 11.1 Å². The maximum absolute atomic E-state index is 3.53. The van der Waals surface area contributed by atoms with Gasteiger partial charge in [-0.05, 0) is 92.7 Å². The summed E-state index contributed by atoms with van der Waals surface area (Å²) in [6, 6.07) is 13.1. The monoisotopic (exact) mass is 462 g/mol. The van der Waals surface area contributed by atoms with Crippen molar-refractivity contribution < 1.29 is 0 Å². The molecule has 0 fully saturated rings. The maximum atomic E-state index is 3.53. The summed E-state index contributed by atoms with van der Waals surface area (Å²) in [5.41, 5.74) is 5.11. The Balaban J connectivity index is 1.96. The van der Waals surface area contributed by atoms with Crippen LogP contribution in [0.3, 0.4) is 0 Å². The van der Waals surface area contributed by atoms with E-state index in [1.807, 2.05) is 0 Å². The Kier molecular flexibility index (Phi) is 3.65. The van der Waals surface area contributed by atoms with Gasteiger partial charge in [-0.3, -0.25) is 0 Å². The third-order valence-electron chi connectivity index (χ3n) is 3.07. The quantitative estimate of drug-likeness (QED) is 0.567. The van der Waals surface area contributed by atoms with Crippen molar-refractivity contribution >= 4 is 56.6 Å². The molecule has 0 unspecified atom stereocenters. The van der Waals surface area contributed by atoms with Crippen molar-refractivity contribution in [3.05, 3.63) is 54.7 Å². The fourth-order valence-corrected chi connectivity index (χ4v) is 3.25. The van der Waals surface area contributed by atoms with Gasteiger partial charge in [0.05, 0.1) is 0 Å². The Morgan fingerprint density at radius 1 is 0.722 bits per heavy atom. The van der Waals surface area contributed by atoms with Crippen LogP contribution >= 0.6 is 45.2 Å². The lowest BCUT2D eigenvalue weighted by molar-refractivity contribution is 1.05. The van der Waals surface area contributed by atoms with Crippen LogP contribution in [0.4, 0.5) is 11.4 Å². The van der Waals surface area contributed by atoms with Crippen LogP contribution in [-0.4, -0.2) is 0 Å². The molecule has 2 aromatic carbocycles. The smallest absolute Gasteiger partial charge is 0.0421 e. The zero-order valence-electron chi connectivity index (χ0n) is 9.63. The first-order chi connectivity index (χ1) is 8.72. The molecule has 0 amide bonds. The number of rotatable bonds is 0. The fraction of sp³-hybridized carbons (Fsp3) is 0.143. The number of nitrogens with one attached hydrogen (secondary N) is 2. The molecular formula is C14H12I2N2. The Morgan fingerprint density at radius 3 is 1.61 bits per heavy atom. The molecule has 2 aromatic rings. The van der Waals surface area contributed by atoms with E-state index in [0.717, 1.165) is 13.1 Å². The second-order valence-electron chi connectivity index (χ2n) is 4.31. The summed E-state index contributed by atoms with van der Waals surface area (Å²) in [4.78, 5) is 0. The number of hydrogen-bond acceptors (Lipinski definition) is 2. The summed E-state index contributed by atoms with van der Waals surface area (Å²) in [6.07, 6.45) is 0. The molecule has 0 saturated carbocycles. The predicted molar refractivity (Wildman–Crippen MR) is 93.0 cm³/mol. The molecule has 1 aliphatic rings. The summed E-state index contributed by atoms with van der Waals surface area (Å²) < 4.78 is 2.55. The molecule has 0 atom stereocenters. The summed E-state index contributed by atoms with van der Waals surface area (Å²) >= 11 is 4.71. The van der Waals surface area contributed by atoms with E-state index >= 15 is 0 Å². The van der Waals surface area contributed by atoms with Gasteiger partial charge in [-0.25, -0.2) is 0 Å². The Hall–Kier alpha value is -0.500. The highest BCUT2D eigenvalue weighted by atomic mass is 127. The largest absolute Gasteiger partial charge is 0.381 e. The van der Waals surface area contributed by atoms with Crippen LogP contribution in [0.25, 0.3) is 0 Å². The number of benzene rings is 2.